The number of hydrogen-bond acceptors (Lipinski definition) is 6. The number of aromatic amines is 1. The van der Waals surface area contributed by atoms with E-state index in [0.717, 1.165) is 27.7 Å². The number of nitrogens with zero attached hydrogens (tertiary/aromatic N) is 2. The minimum absolute atomic E-state index is 0.136. The van der Waals surface area contributed by atoms with Crippen molar-refractivity contribution in [1.82, 2.24) is 9.55 Å². The summed E-state index contributed by atoms with van der Waals surface area (Å²) in [7, 11) is 1.62. The number of carbonyl (C=O) groups is 1. The van der Waals surface area contributed by atoms with Crippen molar-refractivity contribution >= 4 is 40.0 Å². The third-order valence-electron chi connectivity index (χ3n) is 7.94. The molecule has 4 aromatic carbocycles. The van der Waals surface area contributed by atoms with Crippen molar-refractivity contribution in [3.05, 3.63) is 151 Å². The standard InChI is InChI=1S/C37H28FN3O4S/c1-3-45-36(43)31-33(23-12-8-5-9-13-23)40-37-41(34(31)24-14-16-25(38)17-15-24)35(42)30(46-37)21-28-27-20-26(44-2)18-19-29(27)39-32(28)22-10-6-4-7-11-22/h4-21,34,39H,3H2,1-2H3/b30-21-/t34-/m1/s1. The summed E-state index contributed by atoms with van der Waals surface area (Å²) < 4.78 is 27.1. The van der Waals surface area contributed by atoms with Crippen molar-refractivity contribution in [2.75, 3.05) is 13.7 Å². The van der Waals surface area contributed by atoms with Gasteiger partial charge in [0, 0.05) is 22.0 Å². The Bertz CT molecular complexity index is 2300. The van der Waals surface area contributed by atoms with Crippen LogP contribution < -0.4 is 19.6 Å². The average molecular weight is 630 g/mol. The Morgan fingerprint density at radius 3 is 2.35 bits per heavy atom. The van der Waals surface area contributed by atoms with Crippen molar-refractivity contribution in [1.29, 1.82) is 0 Å². The summed E-state index contributed by atoms with van der Waals surface area (Å²) in [6.07, 6.45) is 1.86. The molecule has 0 aliphatic carbocycles. The molecule has 7 rings (SSSR count). The van der Waals surface area contributed by atoms with Gasteiger partial charge in [-0.2, -0.15) is 0 Å². The Morgan fingerprint density at radius 2 is 1.67 bits per heavy atom. The van der Waals surface area contributed by atoms with Gasteiger partial charge in [-0.05, 0) is 54.5 Å². The molecule has 0 fully saturated rings. The van der Waals surface area contributed by atoms with E-state index in [1.165, 1.54) is 28.0 Å². The fraction of sp³-hybridized carbons (Fsp3) is 0.108. The lowest BCUT2D eigenvalue weighted by Gasteiger charge is -2.25. The number of esters is 1. The summed E-state index contributed by atoms with van der Waals surface area (Å²) in [6.45, 7) is 1.86. The maximum absolute atomic E-state index is 14.5. The Kier molecular flexibility index (Phi) is 7.68. The first-order valence-electron chi connectivity index (χ1n) is 14.8. The topological polar surface area (TPSA) is 85.7 Å². The van der Waals surface area contributed by atoms with Crippen LogP contribution in [0.25, 0.3) is 33.9 Å². The molecule has 228 valence electrons. The lowest BCUT2D eigenvalue weighted by atomic mass is 9.93. The molecule has 0 saturated carbocycles. The van der Waals surface area contributed by atoms with Crippen molar-refractivity contribution in [3.63, 3.8) is 0 Å². The van der Waals surface area contributed by atoms with E-state index in [1.807, 2.05) is 84.9 Å². The van der Waals surface area contributed by atoms with Crippen LogP contribution in [-0.2, 0) is 9.53 Å². The maximum Gasteiger partial charge on any atom is 0.338 e. The SMILES string of the molecule is CCOC(=O)C1=C(c2ccccc2)N=c2s/c(=C\c3c(-c4ccccc4)[nH]c4ccc(OC)cc34)c(=O)n2[C@@H]1c1ccc(F)cc1. The molecule has 0 unspecified atom stereocenters. The third kappa shape index (κ3) is 5.14. The van der Waals surface area contributed by atoms with Gasteiger partial charge in [0.15, 0.2) is 4.80 Å². The molecule has 0 saturated heterocycles. The number of H-pyrrole nitrogens is 1. The number of nitrogens with one attached hydrogen (secondary N) is 1. The number of methoxy groups -OCH3 is 1. The second-order valence-electron chi connectivity index (χ2n) is 10.7. The number of fused-ring (bicyclic) bond motifs is 2. The van der Waals surface area contributed by atoms with Gasteiger partial charge in [-0.15, -0.1) is 0 Å². The summed E-state index contributed by atoms with van der Waals surface area (Å²) in [5.41, 5.74) is 5.05. The van der Waals surface area contributed by atoms with E-state index in [1.54, 1.807) is 26.2 Å². The minimum atomic E-state index is -0.898. The van der Waals surface area contributed by atoms with Gasteiger partial charge in [-0.1, -0.05) is 84.1 Å². The molecule has 6 aromatic rings. The van der Waals surface area contributed by atoms with Gasteiger partial charge in [0.1, 0.15) is 11.6 Å². The van der Waals surface area contributed by atoms with Gasteiger partial charge in [-0.3, -0.25) is 9.36 Å². The number of ether oxygens (including phenoxy) is 2. The van der Waals surface area contributed by atoms with Crippen LogP contribution in [0.5, 0.6) is 5.75 Å². The first kappa shape index (κ1) is 29.2. The number of benzene rings is 4. The monoisotopic (exact) mass is 629 g/mol. The van der Waals surface area contributed by atoms with Gasteiger partial charge in [-0.25, -0.2) is 14.2 Å². The van der Waals surface area contributed by atoms with Gasteiger partial charge < -0.3 is 14.5 Å². The minimum Gasteiger partial charge on any atom is -0.497 e. The number of aromatic nitrogens is 2. The summed E-state index contributed by atoms with van der Waals surface area (Å²) in [4.78, 5) is 37.0. The second kappa shape index (κ2) is 12.1. The van der Waals surface area contributed by atoms with Crippen LogP contribution in [0.1, 0.15) is 29.7 Å². The second-order valence-corrected chi connectivity index (χ2v) is 11.7. The number of thiazole rings is 1. The molecule has 1 aliphatic rings. The lowest BCUT2D eigenvalue weighted by Crippen LogP contribution is -2.40. The Balaban J connectivity index is 1.53. The Morgan fingerprint density at radius 1 is 0.978 bits per heavy atom. The molecule has 1 N–H and O–H groups in total. The fourth-order valence-electron chi connectivity index (χ4n) is 5.83. The van der Waals surface area contributed by atoms with E-state index in [4.69, 9.17) is 14.5 Å². The number of halogens is 1. The molecule has 7 nitrogen and oxygen atoms in total. The van der Waals surface area contributed by atoms with E-state index in [-0.39, 0.29) is 17.7 Å². The smallest absolute Gasteiger partial charge is 0.338 e. The van der Waals surface area contributed by atoms with E-state index in [2.05, 4.69) is 4.98 Å². The van der Waals surface area contributed by atoms with Crippen LogP contribution in [-0.4, -0.2) is 29.2 Å². The zero-order valence-electron chi connectivity index (χ0n) is 25.0. The predicted molar refractivity (Wildman–Crippen MR) is 178 cm³/mol. The van der Waals surface area contributed by atoms with Crippen LogP contribution in [0.3, 0.4) is 0 Å². The Labute approximate surface area is 267 Å². The normalized spacial score (nSPS) is 14.7. The largest absolute Gasteiger partial charge is 0.497 e. The van der Waals surface area contributed by atoms with Crippen LogP contribution in [0.4, 0.5) is 4.39 Å². The van der Waals surface area contributed by atoms with Crippen LogP contribution in [0.2, 0.25) is 0 Å². The van der Waals surface area contributed by atoms with Crippen molar-refractivity contribution in [2.45, 2.75) is 13.0 Å². The molecule has 0 amide bonds. The lowest BCUT2D eigenvalue weighted by molar-refractivity contribution is -0.138. The predicted octanol–water partition coefficient (Wildman–Crippen LogP) is 6.23. The first-order valence-corrected chi connectivity index (χ1v) is 15.6. The molecule has 1 atom stereocenters. The first-order chi connectivity index (χ1) is 22.5. The molecule has 0 bridgehead atoms. The van der Waals surface area contributed by atoms with Crippen LogP contribution >= 0.6 is 11.3 Å². The highest BCUT2D eigenvalue weighted by Gasteiger charge is 2.35. The van der Waals surface area contributed by atoms with Gasteiger partial charge in [0.05, 0.1) is 41.3 Å². The van der Waals surface area contributed by atoms with Crippen LogP contribution in [0, 0.1) is 5.82 Å². The van der Waals surface area contributed by atoms with E-state index >= 15 is 0 Å². The number of rotatable bonds is 7. The molecule has 2 aromatic heterocycles. The van der Waals surface area contributed by atoms with E-state index < -0.39 is 17.8 Å². The molecular formula is C37H28FN3O4S. The Hall–Kier alpha value is -5.54. The van der Waals surface area contributed by atoms with E-state index in [9.17, 15) is 14.0 Å². The summed E-state index contributed by atoms with van der Waals surface area (Å²) in [6, 6.07) is 29.9. The summed E-state index contributed by atoms with van der Waals surface area (Å²) in [5, 5.41) is 0.885. The number of hydrogen-bond donors (Lipinski definition) is 1. The molecule has 3 heterocycles. The average Bonchev–Trinajstić information content (AvgIpc) is 3.61. The molecule has 46 heavy (non-hydrogen) atoms. The fourth-order valence-corrected chi connectivity index (χ4v) is 6.82. The van der Waals surface area contributed by atoms with Gasteiger partial charge >= 0.3 is 5.97 Å². The molecule has 0 spiro atoms. The van der Waals surface area contributed by atoms with Crippen molar-refractivity contribution < 1.29 is 18.7 Å². The molecule has 0 radical (unpaired) electrons. The van der Waals surface area contributed by atoms with E-state index in [0.29, 0.717) is 31.9 Å². The van der Waals surface area contributed by atoms with Crippen LogP contribution in [0.15, 0.2) is 118 Å². The zero-order valence-corrected chi connectivity index (χ0v) is 25.8. The highest BCUT2D eigenvalue weighted by molar-refractivity contribution is 7.07. The van der Waals surface area contributed by atoms with Gasteiger partial charge in [0.2, 0.25) is 0 Å². The highest BCUT2D eigenvalue weighted by Crippen LogP contribution is 2.36. The van der Waals surface area contributed by atoms with Gasteiger partial charge in [0.25, 0.3) is 5.56 Å². The summed E-state index contributed by atoms with van der Waals surface area (Å²) >= 11 is 1.23. The summed E-state index contributed by atoms with van der Waals surface area (Å²) in [5.74, 6) is -0.335. The molecule has 9 heteroatoms. The maximum atomic E-state index is 14.5. The zero-order chi connectivity index (χ0) is 31.8. The molecule has 1 aliphatic heterocycles. The molecular weight excluding hydrogens is 601 g/mol. The van der Waals surface area contributed by atoms with Crippen molar-refractivity contribution in [2.24, 2.45) is 4.99 Å². The highest BCUT2D eigenvalue weighted by atomic mass is 32.1. The third-order valence-corrected chi connectivity index (χ3v) is 8.93. The number of carbonyl (C=O) groups excluding carboxylic acids is 1. The quantitative estimate of drug-likeness (QED) is 0.212. The van der Waals surface area contributed by atoms with Crippen molar-refractivity contribution in [3.8, 4) is 17.0 Å².